The van der Waals surface area contributed by atoms with Gasteiger partial charge in [0.15, 0.2) is 5.78 Å². The van der Waals surface area contributed by atoms with E-state index in [1.54, 1.807) is 25.1 Å². The van der Waals surface area contributed by atoms with Crippen LogP contribution in [-0.4, -0.2) is 17.2 Å². The van der Waals surface area contributed by atoms with Gasteiger partial charge in [-0.15, -0.1) is 0 Å². The third-order valence-corrected chi connectivity index (χ3v) is 6.19. The average molecular weight is 458 g/mol. The molecule has 0 aliphatic rings. The second kappa shape index (κ2) is 9.26. The lowest BCUT2D eigenvalue weighted by Crippen LogP contribution is -2.42. The van der Waals surface area contributed by atoms with Crippen LogP contribution < -0.4 is 5.32 Å². The smallest absolute Gasteiger partial charge is 0.251 e. The summed E-state index contributed by atoms with van der Waals surface area (Å²) >= 11 is 0. The first-order chi connectivity index (χ1) is 16.2. The van der Waals surface area contributed by atoms with Gasteiger partial charge >= 0.3 is 0 Å². The van der Waals surface area contributed by atoms with E-state index in [0.29, 0.717) is 39.8 Å². The van der Waals surface area contributed by atoms with Gasteiger partial charge in [0.25, 0.3) is 5.91 Å². The molecule has 4 rings (SSSR count). The molecule has 5 heteroatoms. The van der Waals surface area contributed by atoms with Gasteiger partial charge < -0.3 is 9.73 Å². The Morgan fingerprint density at radius 3 is 2.26 bits per heavy atom. The number of furan rings is 1. The van der Waals surface area contributed by atoms with Gasteiger partial charge in [0, 0.05) is 28.5 Å². The maximum atomic E-state index is 13.4. The summed E-state index contributed by atoms with van der Waals surface area (Å²) in [6.07, 6.45) is 1.14. The molecule has 1 amide bonds. The van der Waals surface area contributed by atoms with E-state index in [1.807, 2.05) is 57.2 Å². The predicted octanol–water partition coefficient (Wildman–Crippen LogP) is 7.42. The molecule has 1 N–H and O–H groups in total. The van der Waals surface area contributed by atoms with E-state index in [2.05, 4.69) is 5.32 Å². The Bertz CT molecular complexity index is 1370. The largest absolute Gasteiger partial charge is 0.455 e. The summed E-state index contributed by atoms with van der Waals surface area (Å²) in [6, 6.07) is 19.0. The van der Waals surface area contributed by atoms with Gasteiger partial charge in [0.2, 0.25) is 0 Å². The molecule has 0 aliphatic heterocycles. The number of fused-ring (bicyclic) bond motifs is 1. The van der Waals surface area contributed by atoms with Crippen molar-refractivity contribution in [3.63, 3.8) is 0 Å². The monoisotopic (exact) mass is 457 g/mol. The molecule has 0 unspecified atom stereocenters. The summed E-state index contributed by atoms with van der Waals surface area (Å²) in [4.78, 5) is 25.7. The number of hydrogen-bond donors (Lipinski definition) is 1. The molecule has 0 aliphatic carbocycles. The fourth-order valence-electron chi connectivity index (χ4n) is 3.84. The minimum atomic E-state index is -0.350. The number of hydrogen-bond acceptors (Lipinski definition) is 3. The molecule has 0 atom stereocenters. The molecule has 0 fully saturated rings. The normalized spacial score (nSPS) is 11.6. The molecule has 0 bridgehead atoms. The summed E-state index contributed by atoms with van der Waals surface area (Å²) in [7, 11) is 0. The highest BCUT2D eigenvalue weighted by atomic mass is 19.1. The van der Waals surface area contributed by atoms with E-state index in [4.69, 9.17) is 4.42 Å². The summed E-state index contributed by atoms with van der Waals surface area (Å²) in [6.45, 7) is 7.82. The zero-order valence-electron chi connectivity index (χ0n) is 19.9. The Balaban J connectivity index is 1.79. The number of rotatable bonds is 7. The van der Waals surface area contributed by atoms with Gasteiger partial charge in [-0.05, 0) is 79.9 Å². The SMILES string of the molecule is CCC(=O)c1c(-c2ccc(F)cc2)oc2ccc(-c3cccc(C(=O)NC(C)(C)CC)c3)cc12. The Labute approximate surface area is 198 Å². The topological polar surface area (TPSA) is 59.3 Å². The molecule has 3 aromatic carbocycles. The number of Topliss-reactive ketones (excluding diaryl/α,β-unsaturated/α-hetero) is 1. The Morgan fingerprint density at radius 2 is 1.59 bits per heavy atom. The summed E-state index contributed by atoms with van der Waals surface area (Å²) < 4.78 is 19.5. The summed E-state index contributed by atoms with van der Waals surface area (Å²) in [5, 5.41) is 3.76. The van der Waals surface area contributed by atoms with Crippen molar-refractivity contribution in [2.75, 3.05) is 0 Å². The van der Waals surface area contributed by atoms with Crippen molar-refractivity contribution in [1.82, 2.24) is 5.32 Å². The van der Waals surface area contributed by atoms with E-state index in [-0.39, 0.29) is 23.0 Å². The van der Waals surface area contributed by atoms with Crippen LogP contribution in [0.3, 0.4) is 0 Å². The standard InChI is InChI=1S/C29H28FNO3/c1-5-24(32)26-23-17-20(12-15-25(23)34-27(26)18-10-13-22(30)14-11-18)19-8-7-9-21(16-19)28(33)31-29(3,4)6-2/h7-17H,5-6H2,1-4H3,(H,31,33). The molecule has 1 aromatic heterocycles. The number of benzene rings is 3. The molecule has 174 valence electrons. The van der Waals surface area contributed by atoms with Crippen molar-refractivity contribution in [3.8, 4) is 22.5 Å². The number of carbonyl (C=O) groups is 2. The highest BCUT2D eigenvalue weighted by Crippen LogP contribution is 2.37. The first-order valence-corrected chi connectivity index (χ1v) is 11.5. The van der Waals surface area contributed by atoms with Crippen LogP contribution in [0, 0.1) is 5.82 Å². The molecular weight excluding hydrogens is 429 g/mol. The van der Waals surface area contributed by atoms with Crippen molar-refractivity contribution in [2.24, 2.45) is 0 Å². The van der Waals surface area contributed by atoms with Gasteiger partial charge in [-0.3, -0.25) is 9.59 Å². The highest BCUT2D eigenvalue weighted by molar-refractivity contribution is 6.12. The van der Waals surface area contributed by atoms with Crippen molar-refractivity contribution < 1.29 is 18.4 Å². The zero-order chi connectivity index (χ0) is 24.5. The molecule has 0 radical (unpaired) electrons. The lowest BCUT2D eigenvalue weighted by atomic mass is 9.96. The summed E-state index contributed by atoms with van der Waals surface area (Å²) in [5.41, 5.74) is 3.73. The van der Waals surface area contributed by atoms with E-state index < -0.39 is 0 Å². The maximum Gasteiger partial charge on any atom is 0.251 e. The minimum Gasteiger partial charge on any atom is -0.455 e. The van der Waals surface area contributed by atoms with Crippen molar-refractivity contribution >= 4 is 22.7 Å². The quantitative estimate of drug-likeness (QED) is 0.294. The van der Waals surface area contributed by atoms with Gasteiger partial charge in [0.05, 0.1) is 5.56 Å². The molecule has 1 heterocycles. The van der Waals surface area contributed by atoms with Crippen LogP contribution in [0.15, 0.2) is 71.1 Å². The molecule has 34 heavy (non-hydrogen) atoms. The third-order valence-electron chi connectivity index (χ3n) is 6.19. The van der Waals surface area contributed by atoms with Gasteiger partial charge in [-0.2, -0.15) is 0 Å². The summed E-state index contributed by atoms with van der Waals surface area (Å²) in [5.74, 6) is -0.0885. The number of amides is 1. The lowest BCUT2D eigenvalue weighted by Gasteiger charge is -2.24. The lowest BCUT2D eigenvalue weighted by molar-refractivity contribution is 0.0910. The molecule has 0 spiro atoms. The number of ketones is 1. The molecule has 4 nitrogen and oxygen atoms in total. The van der Waals surface area contributed by atoms with Crippen molar-refractivity contribution in [3.05, 3.63) is 83.7 Å². The van der Waals surface area contributed by atoms with Crippen LogP contribution in [0.2, 0.25) is 0 Å². The Kier molecular flexibility index (Phi) is 6.38. The molecule has 0 saturated carbocycles. The number of halogens is 1. The second-order valence-electron chi connectivity index (χ2n) is 9.07. The van der Waals surface area contributed by atoms with Crippen LogP contribution in [0.5, 0.6) is 0 Å². The maximum absolute atomic E-state index is 13.4. The van der Waals surface area contributed by atoms with Gasteiger partial charge in [-0.25, -0.2) is 4.39 Å². The van der Waals surface area contributed by atoms with Crippen LogP contribution in [0.25, 0.3) is 33.4 Å². The van der Waals surface area contributed by atoms with E-state index in [1.165, 1.54) is 12.1 Å². The fraction of sp³-hybridized carbons (Fsp3) is 0.241. The second-order valence-corrected chi connectivity index (χ2v) is 9.07. The van der Waals surface area contributed by atoms with Crippen molar-refractivity contribution in [1.29, 1.82) is 0 Å². The number of carbonyl (C=O) groups excluding carboxylic acids is 2. The van der Waals surface area contributed by atoms with Crippen molar-refractivity contribution in [2.45, 2.75) is 46.1 Å². The number of nitrogens with one attached hydrogen (secondary N) is 1. The first-order valence-electron chi connectivity index (χ1n) is 11.5. The Morgan fingerprint density at radius 1 is 0.912 bits per heavy atom. The molecular formula is C29H28FNO3. The van der Waals surface area contributed by atoms with Crippen LogP contribution in [0.1, 0.15) is 61.3 Å². The van der Waals surface area contributed by atoms with E-state index in [0.717, 1.165) is 17.5 Å². The molecule has 4 aromatic rings. The van der Waals surface area contributed by atoms with Crippen LogP contribution >= 0.6 is 0 Å². The van der Waals surface area contributed by atoms with E-state index >= 15 is 0 Å². The minimum absolute atomic E-state index is 0.0508. The van der Waals surface area contributed by atoms with Crippen LogP contribution in [0.4, 0.5) is 4.39 Å². The highest BCUT2D eigenvalue weighted by Gasteiger charge is 2.22. The first kappa shape index (κ1) is 23.4. The predicted molar refractivity (Wildman–Crippen MR) is 134 cm³/mol. The van der Waals surface area contributed by atoms with Gasteiger partial charge in [-0.1, -0.05) is 32.0 Å². The van der Waals surface area contributed by atoms with Gasteiger partial charge in [0.1, 0.15) is 17.2 Å². The Hall–Kier alpha value is -3.73. The third kappa shape index (κ3) is 4.65. The van der Waals surface area contributed by atoms with Crippen LogP contribution in [-0.2, 0) is 0 Å². The average Bonchev–Trinajstić information content (AvgIpc) is 3.22. The fourth-order valence-corrected chi connectivity index (χ4v) is 3.84. The van der Waals surface area contributed by atoms with E-state index in [9.17, 15) is 14.0 Å². The zero-order valence-corrected chi connectivity index (χ0v) is 19.9. The molecule has 0 saturated heterocycles.